The number of nitrogens with one attached hydrogen (secondary N) is 2. The summed E-state index contributed by atoms with van der Waals surface area (Å²) < 4.78 is 12.1. The number of halogens is 1. The molecule has 2 aliphatic rings. The summed E-state index contributed by atoms with van der Waals surface area (Å²) >= 11 is 6.16. The number of carbonyl (C=O) groups is 2. The number of hydrogen-bond acceptors (Lipinski definition) is 7. The smallest absolute Gasteiger partial charge is 0.248 e. The van der Waals surface area contributed by atoms with Gasteiger partial charge in [0.15, 0.2) is 0 Å². The van der Waals surface area contributed by atoms with Crippen molar-refractivity contribution < 1.29 is 24.2 Å². The van der Waals surface area contributed by atoms with E-state index in [-0.39, 0.29) is 31.1 Å². The molecule has 2 aliphatic heterocycles. The Bertz CT molecular complexity index is 1200. The van der Waals surface area contributed by atoms with Crippen LogP contribution in [0.5, 0.6) is 0 Å². The van der Waals surface area contributed by atoms with Crippen molar-refractivity contribution in [1.29, 1.82) is 0 Å². The van der Waals surface area contributed by atoms with Crippen LogP contribution >= 0.6 is 11.6 Å². The molecule has 216 valence electrons. The summed E-state index contributed by atoms with van der Waals surface area (Å²) in [4.78, 5) is 33.4. The maximum Gasteiger partial charge on any atom is 0.248 e. The maximum absolute atomic E-state index is 14.0. The number of rotatable bonds is 12. The van der Waals surface area contributed by atoms with E-state index < -0.39 is 23.7 Å². The highest BCUT2D eigenvalue weighted by atomic mass is 35.5. The fraction of sp³-hybridized carbons (Fsp3) is 0.500. The number of hydrogen-bond donors (Lipinski definition) is 3. The molecule has 0 aromatic heterocycles. The molecule has 0 saturated carbocycles. The second kappa shape index (κ2) is 13.6. The average Bonchev–Trinajstić information content (AvgIpc) is 3.62. The highest BCUT2D eigenvalue weighted by Gasteiger charge is 2.44. The third-order valence-corrected chi connectivity index (χ3v) is 7.82. The van der Waals surface area contributed by atoms with Gasteiger partial charge in [-0.1, -0.05) is 54.1 Å². The number of benzene rings is 2. The third-order valence-electron chi connectivity index (χ3n) is 7.59. The first-order valence-electron chi connectivity index (χ1n) is 13.8. The predicted molar refractivity (Wildman–Crippen MR) is 154 cm³/mol. The molecule has 0 unspecified atom stereocenters. The molecule has 3 N–H and O–H groups in total. The standard InChI is InChI=1S/C30H39ClN4O5/c1-20(32-3)27(37)33-26(21(2)39-17-22-9-5-4-6-10-22)29(38)35-14-8-13-25(35)28-34-30(18-36,19-40-28)16-23-11-7-12-24(31)15-23/h4-7,9-12,15,20-21,25-26,32,36H,8,13-14,16-19H2,1-3H3,(H,33,37)/t20-,21+,25-,26-,30-/m0/s1. The normalized spacial score (nSPS) is 22.8. The Labute approximate surface area is 240 Å². The first-order chi connectivity index (χ1) is 19.2. The molecule has 10 heteroatoms. The highest BCUT2D eigenvalue weighted by molar-refractivity contribution is 6.30. The zero-order chi connectivity index (χ0) is 28.7. The second-order valence-electron chi connectivity index (χ2n) is 10.6. The molecule has 5 atom stereocenters. The van der Waals surface area contributed by atoms with Gasteiger partial charge < -0.3 is 30.1 Å². The van der Waals surface area contributed by atoms with Gasteiger partial charge in [0, 0.05) is 18.0 Å². The van der Waals surface area contributed by atoms with E-state index in [2.05, 4.69) is 10.6 Å². The zero-order valence-corrected chi connectivity index (χ0v) is 24.1. The van der Waals surface area contributed by atoms with Crippen LogP contribution in [0.2, 0.25) is 5.02 Å². The predicted octanol–water partition coefficient (Wildman–Crippen LogP) is 2.73. The molecule has 1 fully saturated rings. The van der Waals surface area contributed by atoms with Crippen LogP contribution in [0.15, 0.2) is 59.6 Å². The van der Waals surface area contributed by atoms with Crippen molar-refractivity contribution in [2.24, 2.45) is 4.99 Å². The van der Waals surface area contributed by atoms with E-state index in [0.717, 1.165) is 17.5 Å². The Kier molecular flexibility index (Phi) is 10.2. The van der Waals surface area contributed by atoms with Gasteiger partial charge in [-0.25, -0.2) is 4.99 Å². The number of likely N-dealkylation sites (N-methyl/N-ethyl adjacent to an activating group) is 1. The lowest BCUT2D eigenvalue weighted by Gasteiger charge is -2.32. The van der Waals surface area contributed by atoms with Crippen LogP contribution in [0.3, 0.4) is 0 Å². The van der Waals surface area contributed by atoms with Crippen LogP contribution in [-0.2, 0) is 32.1 Å². The topological polar surface area (TPSA) is 112 Å². The number of ether oxygens (including phenoxy) is 2. The molecule has 40 heavy (non-hydrogen) atoms. The number of aliphatic hydroxyl groups excluding tert-OH is 1. The van der Waals surface area contributed by atoms with Gasteiger partial charge in [-0.15, -0.1) is 0 Å². The average molecular weight is 571 g/mol. The molecule has 4 rings (SSSR count). The van der Waals surface area contributed by atoms with Crippen molar-refractivity contribution in [3.63, 3.8) is 0 Å². The molecule has 1 saturated heterocycles. The van der Waals surface area contributed by atoms with Crippen molar-refractivity contribution in [3.05, 3.63) is 70.7 Å². The minimum Gasteiger partial charge on any atom is -0.477 e. The number of likely N-dealkylation sites (tertiary alicyclic amines) is 1. The van der Waals surface area contributed by atoms with Gasteiger partial charge in [0.1, 0.15) is 24.2 Å². The lowest BCUT2D eigenvalue weighted by atomic mass is 9.93. The molecule has 2 amide bonds. The molecular formula is C30H39ClN4O5. The Morgan fingerprint density at radius 1 is 1.20 bits per heavy atom. The molecular weight excluding hydrogens is 532 g/mol. The van der Waals surface area contributed by atoms with Gasteiger partial charge in [-0.2, -0.15) is 0 Å². The van der Waals surface area contributed by atoms with E-state index in [9.17, 15) is 14.7 Å². The van der Waals surface area contributed by atoms with Crippen molar-refractivity contribution in [1.82, 2.24) is 15.5 Å². The Morgan fingerprint density at radius 2 is 1.95 bits per heavy atom. The zero-order valence-electron chi connectivity index (χ0n) is 23.3. The van der Waals surface area contributed by atoms with Gasteiger partial charge >= 0.3 is 0 Å². The van der Waals surface area contributed by atoms with Crippen molar-refractivity contribution in [2.45, 2.75) is 69.5 Å². The largest absolute Gasteiger partial charge is 0.477 e. The monoisotopic (exact) mass is 570 g/mol. The van der Waals surface area contributed by atoms with E-state index in [1.807, 2.05) is 48.5 Å². The minimum atomic E-state index is -0.899. The van der Waals surface area contributed by atoms with Crippen LogP contribution in [0, 0.1) is 0 Å². The molecule has 2 aromatic carbocycles. The van der Waals surface area contributed by atoms with Crippen molar-refractivity contribution >= 4 is 29.3 Å². The van der Waals surface area contributed by atoms with Gasteiger partial charge in [0.25, 0.3) is 0 Å². The summed E-state index contributed by atoms with van der Waals surface area (Å²) in [6.07, 6.45) is 1.31. The summed E-state index contributed by atoms with van der Waals surface area (Å²) in [7, 11) is 1.69. The first kappa shape index (κ1) is 30.0. The lowest BCUT2D eigenvalue weighted by Crippen LogP contribution is -2.58. The van der Waals surface area contributed by atoms with Crippen molar-refractivity contribution in [2.75, 3.05) is 26.8 Å². The van der Waals surface area contributed by atoms with Gasteiger partial charge in [-0.05, 0) is 57.0 Å². The summed E-state index contributed by atoms with van der Waals surface area (Å²) in [6, 6.07) is 15.4. The van der Waals surface area contributed by atoms with E-state index in [1.54, 1.807) is 31.9 Å². The summed E-state index contributed by atoms with van der Waals surface area (Å²) in [5.74, 6) is -0.0992. The van der Waals surface area contributed by atoms with Crippen LogP contribution in [0.1, 0.15) is 37.8 Å². The molecule has 2 aromatic rings. The molecule has 0 bridgehead atoms. The highest BCUT2D eigenvalue weighted by Crippen LogP contribution is 2.30. The van der Waals surface area contributed by atoms with Crippen molar-refractivity contribution in [3.8, 4) is 0 Å². The van der Waals surface area contributed by atoms with Gasteiger partial charge in [0.05, 0.1) is 25.4 Å². The molecule has 0 radical (unpaired) electrons. The molecule has 0 aliphatic carbocycles. The lowest BCUT2D eigenvalue weighted by molar-refractivity contribution is -0.141. The van der Waals surface area contributed by atoms with Crippen LogP contribution in [-0.4, -0.2) is 84.3 Å². The molecule has 0 spiro atoms. The quantitative estimate of drug-likeness (QED) is 0.362. The van der Waals surface area contributed by atoms with E-state index >= 15 is 0 Å². The Morgan fingerprint density at radius 3 is 2.65 bits per heavy atom. The van der Waals surface area contributed by atoms with Crippen LogP contribution in [0.4, 0.5) is 0 Å². The summed E-state index contributed by atoms with van der Waals surface area (Å²) in [6.45, 7) is 4.36. The van der Waals surface area contributed by atoms with E-state index in [0.29, 0.717) is 36.9 Å². The molecule has 2 heterocycles. The Hall–Kier alpha value is -2.98. The Balaban J connectivity index is 1.52. The number of nitrogens with zero attached hydrogens (tertiary/aromatic N) is 2. The van der Waals surface area contributed by atoms with E-state index in [1.165, 1.54) is 0 Å². The number of amides is 2. The number of aliphatic imine (C=N–C) groups is 1. The third kappa shape index (κ3) is 7.20. The maximum atomic E-state index is 14.0. The van der Waals surface area contributed by atoms with Crippen LogP contribution in [0.25, 0.3) is 0 Å². The number of aliphatic hydroxyl groups is 1. The summed E-state index contributed by atoms with van der Waals surface area (Å²) in [5.41, 5.74) is 1.07. The SMILES string of the molecule is CN[C@@H](C)C(=O)N[C@H](C(=O)N1CCC[C@H]1C1=N[C@](CO)(Cc2cccc(Cl)c2)CO1)[C@@H](C)OCc1ccccc1. The fourth-order valence-corrected chi connectivity index (χ4v) is 5.30. The first-order valence-corrected chi connectivity index (χ1v) is 14.1. The number of carbonyl (C=O) groups excluding carboxylic acids is 2. The second-order valence-corrected chi connectivity index (χ2v) is 11.1. The van der Waals surface area contributed by atoms with Gasteiger partial charge in [-0.3, -0.25) is 9.59 Å². The fourth-order valence-electron chi connectivity index (χ4n) is 5.08. The van der Waals surface area contributed by atoms with E-state index in [4.69, 9.17) is 26.1 Å². The molecule has 9 nitrogen and oxygen atoms in total. The minimum absolute atomic E-state index is 0.200. The summed E-state index contributed by atoms with van der Waals surface area (Å²) in [5, 5.41) is 16.7. The van der Waals surface area contributed by atoms with Gasteiger partial charge in [0.2, 0.25) is 17.7 Å². The van der Waals surface area contributed by atoms with Crippen LogP contribution < -0.4 is 10.6 Å².